The summed E-state index contributed by atoms with van der Waals surface area (Å²) in [4.78, 5) is 40.2. The van der Waals surface area contributed by atoms with Crippen LogP contribution in [-0.4, -0.2) is 41.8 Å². The second-order valence-electron chi connectivity index (χ2n) is 7.88. The number of rotatable bonds is 10. The van der Waals surface area contributed by atoms with Crippen LogP contribution in [0.1, 0.15) is 60.7 Å². The maximum absolute atomic E-state index is 12.6. The number of likely N-dealkylation sites (tertiary alicyclic amines) is 1. The minimum Gasteiger partial charge on any atom is -0.494 e. The SMILES string of the molecule is CCCCCCOc1ccc(C(=O)NNC(=O)C2CCCN2C(=O)Cc2cccs2)cc1. The van der Waals surface area contributed by atoms with E-state index in [4.69, 9.17) is 4.74 Å². The van der Waals surface area contributed by atoms with Crippen molar-refractivity contribution in [3.05, 3.63) is 52.2 Å². The number of thiophene rings is 1. The third kappa shape index (κ3) is 6.82. The van der Waals surface area contributed by atoms with Crippen molar-refractivity contribution < 1.29 is 19.1 Å². The Bertz CT molecular complexity index is 883. The lowest BCUT2D eigenvalue weighted by atomic mass is 10.2. The highest BCUT2D eigenvalue weighted by atomic mass is 32.1. The molecule has 172 valence electrons. The van der Waals surface area contributed by atoms with Crippen molar-refractivity contribution >= 4 is 29.1 Å². The number of hydrogen-bond donors (Lipinski definition) is 2. The first kappa shape index (κ1) is 23.8. The molecule has 0 saturated carbocycles. The Morgan fingerprint density at radius 2 is 1.91 bits per heavy atom. The predicted octanol–water partition coefficient (Wildman–Crippen LogP) is 3.70. The van der Waals surface area contributed by atoms with E-state index in [0.717, 1.165) is 24.1 Å². The van der Waals surface area contributed by atoms with Crippen LogP contribution in [0, 0.1) is 0 Å². The topological polar surface area (TPSA) is 87.7 Å². The molecule has 0 spiro atoms. The number of carbonyl (C=O) groups excluding carboxylic acids is 3. The van der Waals surface area contributed by atoms with Gasteiger partial charge in [0.25, 0.3) is 11.8 Å². The smallest absolute Gasteiger partial charge is 0.269 e. The van der Waals surface area contributed by atoms with Crippen molar-refractivity contribution in [1.29, 1.82) is 0 Å². The van der Waals surface area contributed by atoms with E-state index in [9.17, 15) is 14.4 Å². The molecule has 2 N–H and O–H groups in total. The number of ether oxygens (including phenoxy) is 1. The van der Waals surface area contributed by atoms with Gasteiger partial charge >= 0.3 is 0 Å². The highest BCUT2D eigenvalue weighted by molar-refractivity contribution is 7.10. The molecule has 1 atom stereocenters. The predicted molar refractivity (Wildman–Crippen MR) is 124 cm³/mol. The van der Waals surface area contributed by atoms with E-state index >= 15 is 0 Å². The Kier molecular flexibility index (Phi) is 9.10. The summed E-state index contributed by atoms with van der Waals surface area (Å²) in [5, 5.41) is 1.93. The first-order valence-corrected chi connectivity index (χ1v) is 12.1. The van der Waals surface area contributed by atoms with Crippen LogP contribution in [0.3, 0.4) is 0 Å². The molecule has 1 saturated heterocycles. The van der Waals surface area contributed by atoms with E-state index in [0.29, 0.717) is 37.3 Å². The van der Waals surface area contributed by atoms with Crippen molar-refractivity contribution in [3.8, 4) is 5.75 Å². The summed E-state index contributed by atoms with van der Waals surface area (Å²) in [6, 6.07) is 10.1. The monoisotopic (exact) mass is 457 g/mol. The average Bonchev–Trinajstić information content (AvgIpc) is 3.50. The number of amides is 3. The fraction of sp³-hybridized carbons (Fsp3) is 0.458. The summed E-state index contributed by atoms with van der Waals surface area (Å²) in [7, 11) is 0. The minimum atomic E-state index is -0.564. The van der Waals surface area contributed by atoms with E-state index in [2.05, 4.69) is 17.8 Å². The Morgan fingerprint density at radius 1 is 1.09 bits per heavy atom. The highest BCUT2D eigenvalue weighted by Gasteiger charge is 2.34. The Morgan fingerprint density at radius 3 is 2.62 bits per heavy atom. The first-order chi connectivity index (χ1) is 15.6. The van der Waals surface area contributed by atoms with E-state index in [1.54, 1.807) is 29.2 Å². The molecule has 1 aromatic carbocycles. The minimum absolute atomic E-state index is 0.0679. The Labute approximate surface area is 193 Å². The number of carbonyl (C=O) groups is 3. The van der Waals surface area contributed by atoms with Crippen LogP contribution in [0.2, 0.25) is 0 Å². The summed E-state index contributed by atoms with van der Waals surface area (Å²) < 4.78 is 5.69. The maximum Gasteiger partial charge on any atom is 0.269 e. The summed E-state index contributed by atoms with van der Waals surface area (Å²) in [6.07, 6.45) is 6.19. The summed E-state index contributed by atoms with van der Waals surface area (Å²) >= 11 is 1.53. The summed E-state index contributed by atoms with van der Waals surface area (Å²) in [5.41, 5.74) is 5.34. The molecule has 1 aliphatic heterocycles. The zero-order valence-corrected chi connectivity index (χ0v) is 19.3. The molecule has 1 unspecified atom stereocenters. The molecular weight excluding hydrogens is 426 g/mol. The van der Waals surface area contributed by atoms with Gasteiger partial charge in [0.05, 0.1) is 13.0 Å². The van der Waals surface area contributed by atoms with Gasteiger partial charge < -0.3 is 9.64 Å². The van der Waals surface area contributed by atoms with Gasteiger partial charge in [-0.1, -0.05) is 32.3 Å². The number of hydrazine groups is 1. The van der Waals surface area contributed by atoms with Crippen molar-refractivity contribution in [2.45, 2.75) is 57.9 Å². The number of nitrogens with zero attached hydrogens (tertiary/aromatic N) is 1. The molecule has 0 bridgehead atoms. The molecule has 1 aliphatic rings. The average molecular weight is 458 g/mol. The molecule has 0 radical (unpaired) electrons. The third-order valence-electron chi connectivity index (χ3n) is 5.46. The fourth-order valence-corrected chi connectivity index (χ4v) is 4.39. The quantitative estimate of drug-likeness (QED) is 0.421. The van der Waals surface area contributed by atoms with Crippen LogP contribution in [0.15, 0.2) is 41.8 Å². The van der Waals surface area contributed by atoms with Crippen molar-refractivity contribution in [3.63, 3.8) is 0 Å². The van der Waals surface area contributed by atoms with Gasteiger partial charge in [-0.15, -0.1) is 11.3 Å². The second kappa shape index (κ2) is 12.2. The van der Waals surface area contributed by atoms with E-state index in [-0.39, 0.29) is 11.8 Å². The zero-order valence-electron chi connectivity index (χ0n) is 18.5. The standard InChI is InChI=1S/C24H31N3O4S/c1-2-3-4-5-15-31-19-12-10-18(11-13-19)23(29)25-26-24(30)21-9-6-14-27(21)22(28)17-20-8-7-16-32-20/h7-8,10-13,16,21H,2-6,9,14-15,17H2,1H3,(H,25,29)(H,26,30). The number of nitrogens with one attached hydrogen (secondary N) is 2. The number of benzene rings is 1. The van der Waals surface area contributed by atoms with Crippen molar-refractivity contribution in [2.24, 2.45) is 0 Å². The zero-order chi connectivity index (χ0) is 22.8. The molecule has 2 heterocycles. The lowest BCUT2D eigenvalue weighted by molar-refractivity contribution is -0.138. The van der Waals surface area contributed by atoms with Crippen LogP contribution < -0.4 is 15.6 Å². The molecule has 7 nitrogen and oxygen atoms in total. The van der Waals surface area contributed by atoms with Gasteiger partial charge in [-0.3, -0.25) is 25.2 Å². The summed E-state index contributed by atoms with van der Waals surface area (Å²) in [5.74, 6) is -0.139. The molecule has 1 fully saturated rings. The van der Waals surface area contributed by atoms with Crippen LogP contribution >= 0.6 is 11.3 Å². The molecule has 1 aromatic heterocycles. The third-order valence-corrected chi connectivity index (χ3v) is 6.34. The summed E-state index contributed by atoms with van der Waals surface area (Å²) in [6.45, 7) is 3.38. The van der Waals surface area contributed by atoms with E-state index < -0.39 is 11.9 Å². The van der Waals surface area contributed by atoms with Gasteiger partial charge in [0.15, 0.2) is 0 Å². The van der Waals surface area contributed by atoms with Crippen LogP contribution in [0.4, 0.5) is 0 Å². The molecule has 32 heavy (non-hydrogen) atoms. The normalized spacial score (nSPS) is 15.4. The van der Waals surface area contributed by atoms with Crippen LogP contribution in [-0.2, 0) is 16.0 Å². The molecule has 3 amide bonds. The first-order valence-electron chi connectivity index (χ1n) is 11.2. The lowest BCUT2D eigenvalue weighted by Gasteiger charge is -2.24. The van der Waals surface area contributed by atoms with Gasteiger partial charge in [0.1, 0.15) is 11.8 Å². The van der Waals surface area contributed by atoms with Gasteiger partial charge in [0.2, 0.25) is 5.91 Å². The largest absolute Gasteiger partial charge is 0.494 e. The molecule has 8 heteroatoms. The molecular formula is C24H31N3O4S. The molecule has 0 aliphatic carbocycles. The van der Waals surface area contributed by atoms with Crippen LogP contribution in [0.5, 0.6) is 5.75 Å². The van der Waals surface area contributed by atoms with Gasteiger partial charge in [-0.05, 0) is 55.0 Å². The van der Waals surface area contributed by atoms with E-state index in [1.165, 1.54) is 24.2 Å². The molecule has 3 rings (SSSR count). The van der Waals surface area contributed by atoms with Gasteiger partial charge in [0, 0.05) is 17.0 Å². The Hall–Kier alpha value is -2.87. The maximum atomic E-state index is 12.6. The lowest BCUT2D eigenvalue weighted by Crippen LogP contribution is -2.51. The molecule has 2 aromatic rings. The highest BCUT2D eigenvalue weighted by Crippen LogP contribution is 2.20. The number of hydrogen-bond acceptors (Lipinski definition) is 5. The van der Waals surface area contributed by atoms with Gasteiger partial charge in [-0.2, -0.15) is 0 Å². The number of unbranched alkanes of at least 4 members (excludes halogenated alkanes) is 3. The fourth-order valence-electron chi connectivity index (χ4n) is 3.70. The second-order valence-corrected chi connectivity index (χ2v) is 8.91. The van der Waals surface area contributed by atoms with Crippen molar-refractivity contribution in [1.82, 2.24) is 15.8 Å². The Balaban J connectivity index is 1.44. The van der Waals surface area contributed by atoms with E-state index in [1.807, 2.05) is 17.5 Å². The van der Waals surface area contributed by atoms with Crippen LogP contribution in [0.25, 0.3) is 0 Å². The van der Waals surface area contributed by atoms with Crippen molar-refractivity contribution in [2.75, 3.05) is 13.2 Å². The van der Waals surface area contributed by atoms with Gasteiger partial charge in [-0.25, -0.2) is 0 Å².